The molecule has 14 heavy (non-hydrogen) atoms. The van der Waals surface area contributed by atoms with Crippen molar-refractivity contribution in [1.29, 1.82) is 0 Å². The van der Waals surface area contributed by atoms with Crippen LogP contribution in [0.1, 0.15) is 26.2 Å². The molecule has 3 heteroatoms. The van der Waals surface area contributed by atoms with Gasteiger partial charge in [0.2, 0.25) is 0 Å². The Balaban J connectivity index is 4.45. The highest BCUT2D eigenvalue weighted by molar-refractivity contribution is 5.30. The SMILES string of the molecule is C=C/C(=C/C(=C)CCCC)C(F)(F)F. The first-order chi connectivity index (χ1) is 6.41. The fraction of sp³-hybridized carbons (Fsp3) is 0.455. The lowest BCUT2D eigenvalue weighted by Crippen LogP contribution is -2.09. The maximum Gasteiger partial charge on any atom is 0.416 e. The van der Waals surface area contributed by atoms with Crippen LogP contribution in [0.3, 0.4) is 0 Å². The summed E-state index contributed by atoms with van der Waals surface area (Å²) in [5, 5.41) is 0. The van der Waals surface area contributed by atoms with Gasteiger partial charge in [-0.1, -0.05) is 38.2 Å². The second-order valence-electron chi connectivity index (χ2n) is 3.06. The van der Waals surface area contributed by atoms with E-state index < -0.39 is 11.7 Å². The molecule has 0 aromatic rings. The molecule has 0 spiro atoms. The predicted molar refractivity (Wildman–Crippen MR) is 53.0 cm³/mol. The molecule has 0 radical (unpaired) electrons. The summed E-state index contributed by atoms with van der Waals surface area (Å²) in [7, 11) is 0. The molecule has 0 fully saturated rings. The van der Waals surface area contributed by atoms with Crippen LogP contribution in [0.15, 0.2) is 36.5 Å². The van der Waals surface area contributed by atoms with Gasteiger partial charge in [0.1, 0.15) is 0 Å². The van der Waals surface area contributed by atoms with Crippen molar-refractivity contribution >= 4 is 0 Å². The van der Waals surface area contributed by atoms with Crippen molar-refractivity contribution in [3.8, 4) is 0 Å². The summed E-state index contributed by atoms with van der Waals surface area (Å²) in [4.78, 5) is 0. The van der Waals surface area contributed by atoms with E-state index in [9.17, 15) is 13.2 Å². The number of hydrogen-bond acceptors (Lipinski definition) is 0. The molecule has 0 aliphatic heterocycles. The van der Waals surface area contributed by atoms with Crippen LogP contribution < -0.4 is 0 Å². The van der Waals surface area contributed by atoms with E-state index in [1.165, 1.54) is 0 Å². The van der Waals surface area contributed by atoms with Crippen LogP contribution in [0.2, 0.25) is 0 Å². The van der Waals surface area contributed by atoms with Crippen molar-refractivity contribution in [2.24, 2.45) is 0 Å². The first-order valence-electron chi connectivity index (χ1n) is 4.51. The van der Waals surface area contributed by atoms with Crippen LogP contribution in [-0.4, -0.2) is 6.18 Å². The molecule has 0 aliphatic carbocycles. The van der Waals surface area contributed by atoms with Crippen LogP contribution in [0.5, 0.6) is 0 Å². The normalized spacial score (nSPS) is 12.7. The summed E-state index contributed by atoms with van der Waals surface area (Å²) in [5.41, 5.74) is -0.224. The second kappa shape index (κ2) is 5.68. The van der Waals surface area contributed by atoms with E-state index in [1.54, 1.807) is 0 Å². The monoisotopic (exact) mass is 204 g/mol. The van der Waals surface area contributed by atoms with Gasteiger partial charge in [0, 0.05) is 0 Å². The highest BCUT2D eigenvalue weighted by Crippen LogP contribution is 2.27. The Morgan fingerprint density at radius 3 is 2.29 bits per heavy atom. The van der Waals surface area contributed by atoms with E-state index in [0.29, 0.717) is 12.0 Å². The summed E-state index contributed by atoms with van der Waals surface area (Å²) in [6.07, 6.45) is -0.0411. The molecule has 0 bridgehead atoms. The summed E-state index contributed by atoms with van der Waals surface area (Å²) < 4.78 is 36.7. The fourth-order valence-electron chi connectivity index (χ4n) is 0.952. The number of unbranched alkanes of at least 4 members (excludes halogenated alkanes) is 1. The third kappa shape index (κ3) is 4.90. The fourth-order valence-corrected chi connectivity index (χ4v) is 0.952. The van der Waals surface area contributed by atoms with Gasteiger partial charge in [-0.05, 0) is 18.9 Å². The molecule has 0 saturated heterocycles. The second-order valence-corrected chi connectivity index (χ2v) is 3.06. The van der Waals surface area contributed by atoms with Crippen molar-refractivity contribution < 1.29 is 13.2 Å². The van der Waals surface area contributed by atoms with Gasteiger partial charge in [0.15, 0.2) is 0 Å². The standard InChI is InChI=1S/C11H15F3/c1-4-6-7-9(3)8-10(5-2)11(12,13)14/h5,8H,2-4,6-7H2,1H3/b10-8-. The molecule has 0 nitrogen and oxygen atoms in total. The van der Waals surface area contributed by atoms with Crippen LogP contribution >= 0.6 is 0 Å². The zero-order valence-corrected chi connectivity index (χ0v) is 8.32. The van der Waals surface area contributed by atoms with Gasteiger partial charge in [0.25, 0.3) is 0 Å². The number of allylic oxidation sites excluding steroid dienone is 4. The van der Waals surface area contributed by atoms with Crippen molar-refractivity contribution in [2.45, 2.75) is 32.4 Å². The highest BCUT2D eigenvalue weighted by atomic mass is 19.4. The summed E-state index contributed by atoms with van der Waals surface area (Å²) in [6, 6.07) is 0. The molecule has 0 atom stereocenters. The smallest absolute Gasteiger partial charge is 0.166 e. The minimum atomic E-state index is -4.32. The maximum atomic E-state index is 12.2. The van der Waals surface area contributed by atoms with E-state index in [1.807, 2.05) is 6.92 Å². The van der Waals surface area contributed by atoms with Gasteiger partial charge in [-0.2, -0.15) is 13.2 Å². The van der Waals surface area contributed by atoms with Crippen molar-refractivity contribution in [3.05, 3.63) is 36.5 Å². The molecular formula is C11H15F3. The first-order valence-corrected chi connectivity index (χ1v) is 4.51. The average molecular weight is 204 g/mol. The largest absolute Gasteiger partial charge is 0.416 e. The Hall–Kier alpha value is -0.990. The van der Waals surface area contributed by atoms with E-state index in [2.05, 4.69) is 13.2 Å². The molecule has 0 saturated carbocycles. The van der Waals surface area contributed by atoms with Crippen LogP contribution in [-0.2, 0) is 0 Å². The zero-order chi connectivity index (χ0) is 11.2. The molecule has 0 heterocycles. The van der Waals surface area contributed by atoms with E-state index in [-0.39, 0.29) is 0 Å². The Labute approximate surface area is 82.8 Å². The molecule has 0 aromatic heterocycles. The van der Waals surface area contributed by atoms with Gasteiger partial charge in [-0.15, -0.1) is 0 Å². The Morgan fingerprint density at radius 2 is 1.93 bits per heavy atom. The highest BCUT2D eigenvalue weighted by Gasteiger charge is 2.31. The number of halogens is 3. The van der Waals surface area contributed by atoms with E-state index >= 15 is 0 Å². The third-order valence-corrected chi connectivity index (χ3v) is 1.76. The minimum absolute atomic E-state index is 0.499. The predicted octanol–water partition coefficient (Wildman–Crippen LogP) is 4.41. The Kier molecular flexibility index (Phi) is 5.28. The molecular weight excluding hydrogens is 189 g/mol. The Morgan fingerprint density at radius 1 is 1.36 bits per heavy atom. The topological polar surface area (TPSA) is 0 Å². The maximum absolute atomic E-state index is 12.2. The average Bonchev–Trinajstić information content (AvgIpc) is 2.08. The zero-order valence-electron chi connectivity index (χ0n) is 8.32. The lowest BCUT2D eigenvalue weighted by Gasteiger charge is -2.08. The lowest BCUT2D eigenvalue weighted by molar-refractivity contribution is -0.0882. The summed E-state index contributed by atoms with van der Waals surface area (Å²) >= 11 is 0. The molecule has 0 aromatic carbocycles. The minimum Gasteiger partial charge on any atom is -0.166 e. The third-order valence-electron chi connectivity index (χ3n) is 1.76. The van der Waals surface area contributed by atoms with Crippen LogP contribution in [0.4, 0.5) is 13.2 Å². The molecule has 0 unspecified atom stereocenters. The molecule has 0 aliphatic rings. The first kappa shape index (κ1) is 13.0. The van der Waals surface area contributed by atoms with Gasteiger partial charge >= 0.3 is 6.18 Å². The van der Waals surface area contributed by atoms with E-state index in [0.717, 1.165) is 25.0 Å². The van der Waals surface area contributed by atoms with E-state index in [4.69, 9.17) is 0 Å². The molecule has 0 rings (SSSR count). The van der Waals surface area contributed by atoms with Crippen molar-refractivity contribution in [1.82, 2.24) is 0 Å². The summed E-state index contributed by atoms with van der Waals surface area (Å²) in [6.45, 7) is 8.68. The quantitative estimate of drug-likeness (QED) is 0.582. The van der Waals surface area contributed by atoms with Crippen LogP contribution in [0, 0.1) is 0 Å². The van der Waals surface area contributed by atoms with Gasteiger partial charge in [-0.3, -0.25) is 0 Å². The lowest BCUT2D eigenvalue weighted by atomic mass is 10.1. The number of hydrogen-bond donors (Lipinski definition) is 0. The van der Waals surface area contributed by atoms with Gasteiger partial charge in [0.05, 0.1) is 5.57 Å². The number of rotatable bonds is 5. The van der Waals surface area contributed by atoms with Gasteiger partial charge < -0.3 is 0 Å². The molecule has 80 valence electrons. The summed E-state index contributed by atoms with van der Waals surface area (Å²) in [5.74, 6) is 0. The van der Waals surface area contributed by atoms with Gasteiger partial charge in [-0.25, -0.2) is 0 Å². The van der Waals surface area contributed by atoms with Crippen molar-refractivity contribution in [2.75, 3.05) is 0 Å². The Bertz CT molecular complexity index is 233. The molecule has 0 N–H and O–H groups in total. The van der Waals surface area contributed by atoms with Crippen LogP contribution in [0.25, 0.3) is 0 Å². The number of alkyl halides is 3. The molecule has 0 amide bonds. The van der Waals surface area contributed by atoms with Crippen molar-refractivity contribution in [3.63, 3.8) is 0 Å².